The summed E-state index contributed by atoms with van der Waals surface area (Å²) in [5.74, 6) is 0.511. The van der Waals surface area contributed by atoms with E-state index in [0.717, 1.165) is 25.9 Å². The van der Waals surface area contributed by atoms with Crippen molar-refractivity contribution in [1.29, 1.82) is 0 Å². The van der Waals surface area contributed by atoms with Crippen molar-refractivity contribution >= 4 is 11.3 Å². The first kappa shape index (κ1) is 14.9. The number of piperidine rings is 1. The monoisotopic (exact) mass is 282 g/mol. The molecule has 0 aromatic carbocycles. The van der Waals surface area contributed by atoms with Gasteiger partial charge in [-0.1, -0.05) is 27.2 Å². The third kappa shape index (κ3) is 3.77. The molecule has 1 aromatic heterocycles. The van der Waals surface area contributed by atoms with Gasteiger partial charge in [-0.3, -0.25) is 4.90 Å². The van der Waals surface area contributed by atoms with Crippen LogP contribution in [0.3, 0.4) is 0 Å². The SMILES string of the molecule is CCC(O)C1CCCCN1Cc1csc(C(C)C)n1. The van der Waals surface area contributed by atoms with E-state index in [2.05, 4.69) is 31.1 Å². The number of rotatable bonds is 5. The van der Waals surface area contributed by atoms with E-state index in [1.54, 1.807) is 11.3 Å². The normalized spacial score (nSPS) is 22.9. The predicted molar refractivity (Wildman–Crippen MR) is 80.5 cm³/mol. The number of nitrogens with zero attached hydrogens (tertiary/aromatic N) is 2. The van der Waals surface area contributed by atoms with Crippen molar-refractivity contribution in [3.8, 4) is 0 Å². The summed E-state index contributed by atoms with van der Waals surface area (Å²) in [5, 5.41) is 13.6. The fourth-order valence-corrected chi connectivity index (χ4v) is 3.62. The first-order chi connectivity index (χ1) is 9.11. The van der Waals surface area contributed by atoms with Crippen molar-refractivity contribution in [2.45, 2.75) is 71.1 Å². The summed E-state index contributed by atoms with van der Waals surface area (Å²) < 4.78 is 0. The van der Waals surface area contributed by atoms with Crippen molar-refractivity contribution in [3.63, 3.8) is 0 Å². The van der Waals surface area contributed by atoms with Gasteiger partial charge in [0.2, 0.25) is 0 Å². The number of hydrogen-bond donors (Lipinski definition) is 1. The first-order valence-corrected chi connectivity index (χ1v) is 8.36. The van der Waals surface area contributed by atoms with Crippen molar-refractivity contribution in [2.75, 3.05) is 6.54 Å². The van der Waals surface area contributed by atoms with Crippen LogP contribution in [0.4, 0.5) is 0 Å². The van der Waals surface area contributed by atoms with Crippen LogP contribution in [-0.2, 0) is 6.54 Å². The lowest BCUT2D eigenvalue weighted by Gasteiger charge is -2.37. The molecule has 0 saturated carbocycles. The van der Waals surface area contributed by atoms with Gasteiger partial charge in [0.15, 0.2) is 0 Å². The Kier molecular flexibility index (Phi) is 5.37. The van der Waals surface area contributed by atoms with Gasteiger partial charge in [-0.25, -0.2) is 4.98 Å². The van der Waals surface area contributed by atoms with Crippen LogP contribution in [0, 0.1) is 0 Å². The van der Waals surface area contributed by atoms with Gasteiger partial charge in [0.1, 0.15) is 0 Å². The van der Waals surface area contributed by atoms with Gasteiger partial charge in [0.25, 0.3) is 0 Å². The van der Waals surface area contributed by atoms with Gasteiger partial charge in [0.05, 0.1) is 16.8 Å². The molecule has 0 amide bonds. The Morgan fingerprint density at radius 2 is 2.26 bits per heavy atom. The molecule has 2 rings (SSSR count). The van der Waals surface area contributed by atoms with E-state index in [4.69, 9.17) is 4.98 Å². The van der Waals surface area contributed by atoms with Gasteiger partial charge in [-0.05, 0) is 25.8 Å². The Balaban J connectivity index is 2.02. The highest BCUT2D eigenvalue weighted by molar-refractivity contribution is 7.09. The van der Waals surface area contributed by atoms with Crippen LogP contribution in [0.15, 0.2) is 5.38 Å². The molecule has 1 aliphatic rings. The zero-order valence-electron chi connectivity index (χ0n) is 12.3. The van der Waals surface area contributed by atoms with Crippen molar-refractivity contribution < 1.29 is 5.11 Å². The third-order valence-corrected chi connectivity index (χ3v) is 5.15. The van der Waals surface area contributed by atoms with E-state index < -0.39 is 0 Å². The number of aromatic nitrogens is 1. The molecule has 2 atom stereocenters. The smallest absolute Gasteiger partial charge is 0.0954 e. The van der Waals surface area contributed by atoms with Crippen molar-refractivity contribution in [2.24, 2.45) is 0 Å². The third-order valence-electron chi connectivity index (χ3n) is 3.96. The molecule has 0 bridgehead atoms. The van der Waals surface area contributed by atoms with Crippen molar-refractivity contribution in [1.82, 2.24) is 9.88 Å². The fourth-order valence-electron chi connectivity index (χ4n) is 2.79. The Labute approximate surface area is 120 Å². The average molecular weight is 282 g/mol. The largest absolute Gasteiger partial charge is 0.392 e. The Bertz CT molecular complexity index is 391. The van der Waals surface area contributed by atoms with Gasteiger partial charge in [-0.15, -0.1) is 11.3 Å². The molecule has 0 radical (unpaired) electrons. The summed E-state index contributed by atoms with van der Waals surface area (Å²) in [4.78, 5) is 7.15. The molecular weight excluding hydrogens is 256 g/mol. The summed E-state index contributed by atoms with van der Waals surface area (Å²) in [7, 11) is 0. The molecule has 1 fully saturated rings. The average Bonchev–Trinajstić information content (AvgIpc) is 2.87. The molecule has 1 aromatic rings. The van der Waals surface area contributed by atoms with E-state index in [0.29, 0.717) is 12.0 Å². The molecule has 1 saturated heterocycles. The lowest BCUT2D eigenvalue weighted by atomic mass is 9.96. The van der Waals surface area contributed by atoms with Crippen LogP contribution in [-0.4, -0.2) is 33.7 Å². The quantitative estimate of drug-likeness (QED) is 0.899. The zero-order valence-corrected chi connectivity index (χ0v) is 13.1. The molecule has 1 aliphatic heterocycles. The van der Waals surface area contributed by atoms with Crippen LogP contribution in [0.25, 0.3) is 0 Å². The second-order valence-electron chi connectivity index (χ2n) is 5.84. The summed E-state index contributed by atoms with van der Waals surface area (Å²) in [6.07, 6.45) is 4.26. The Morgan fingerprint density at radius 1 is 1.47 bits per heavy atom. The predicted octanol–water partition coefficient (Wildman–Crippen LogP) is 3.39. The standard InChI is InChI=1S/C15H26N2OS/c1-4-14(18)13-7-5-6-8-17(13)9-12-10-19-15(16-12)11(2)3/h10-11,13-14,18H,4-9H2,1-3H3. The van der Waals surface area contributed by atoms with Crippen LogP contribution in [0.1, 0.15) is 63.1 Å². The maximum atomic E-state index is 10.2. The fraction of sp³-hybridized carbons (Fsp3) is 0.800. The van der Waals surface area contributed by atoms with Gasteiger partial charge >= 0.3 is 0 Å². The van der Waals surface area contributed by atoms with Gasteiger partial charge in [0, 0.05) is 23.9 Å². The molecule has 4 heteroatoms. The molecule has 108 valence electrons. The summed E-state index contributed by atoms with van der Waals surface area (Å²) >= 11 is 1.76. The zero-order chi connectivity index (χ0) is 13.8. The minimum absolute atomic E-state index is 0.191. The Hall–Kier alpha value is -0.450. The molecule has 0 spiro atoms. The number of aliphatic hydroxyl groups is 1. The van der Waals surface area contributed by atoms with Crippen molar-refractivity contribution in [3.05, 3.63) is 16.1 Å². The number of hydrogen-bond acceptors (Lipinski definition) is 4. The van der Waals surface area contributed by atoms with E-state index in [-0.39, 0.29) is 6.10 Å². The van der Waals surface area contributed by atoms with Crippen LogP contribution in [0.2, 0.25) is 0 Å². The van der Waals surface area contributed by atoms with E-state index in [9.17, 15) is 5.11 Å². The van der Waals surface area contributed by atoms with Crippen LogP contribution >= 0.6 is 11.3 Å². The summed E-state index contributed by atoms with van der Waals surface area (Å²) in [5.41, 5.74) is 1.17. The molecular formula is C15H26N2OS. The Morgan fingerprint density at radius 3 is 2.89 bits per heavy atom. The highest BCUT2D eigenvalue weighted by atomic mass is 32.1. The second-order valence-corrected chi connectivity index (χ2v) is 6.73. The molecule has 0 aliphatic carbocycles. The minimum atomic E-state index is -0.191. The summed E-state index contributed by atoms with van der Waals surface area (Å²) in [6, 6.07) is 0.322. The molecule has 2 unspecified atom stereocenters. The van der Waals surface area contributed by atoms with E-state index >= 15 is 0 Å². The lowest BCUT2D eigenvalue weighted by Crippen LogP contribution is -2.46. The van der Waals surface area contributed by atoms with Gasteiger partial charge in [-0.2, -0.15) is 0 Å². The van der Waals surface area contributed by atoms with Crippen LogP contribution < -0.4 is 0 Å². The first-order valence-electron chi connectivity index (χ1n) is 7.48. The van der Waals surface area contributed by atoms with Gasteiger partial charge < -0.3 is 5.11 Å². The maximum Gasteiger partial charge on any atom is 0.0954 e. The maximum absolute atomic E-state index is 10.2. The minimum Gasteiger partial charge on any atom is -0.392 e. The van der Waals surface area contributed by atoms with Crippen LogP contribution in [0.5, 0.6) is 0 Å². The van der Waals surface area contributed by atoms with E-state index in [1.807, 2.05) is 0 Å². The lowest BCUT2D eigenvalue weighted by molar-refractivity contribution is 0.0190. The number of aliphatic hydroxyl groups excluding tert-OH is 1. The molecule has 1 N–H and O–H groups in total. The topological polar surface area (TPSA) is 36.4 Å². The number of likely N-dealkylation sites (tertiary alicyclic amines) is 1. The molecule has 2 heterocycles. The second kappa shape index (κ2) is 6.82. The molecule has 19 heavy (non-hydrogen) atoms. The highest BCUT2D eigenvalue weighted by Gasteiger charge is 2.28. The summed E-state index contributed by atoms with van der Waals surface area (Å²) in [6.45, 7) is 8.43. The number of thiazole rings is 1. The highest BCUT2D eigenvalue weighted by Crippen LogP contribution is 2.25. The van der Waals surface area contributed by atoms with E-state index in [1.165, 1.54) is 23.5 Å². The molecule has 3 nitrogen and oxygen atoms in total.